The molecule has 0 aromatic heterocycles. The number of amides is 3. The van der Waals surface area contributed by atoms with Gasteiger partial charge in [0.1, 0.15) is 12.3 Å². The monoisotopic (exact) mass is 428 g/mol. The van der Waals surface area contributed by atoms with E-state index in [9.17, 15) is 19.5 Å². The maximum atomic E-state index is 12.6. The Morgan fingerprint density at radius 3 is 2.48 bits per heavy atom. The number of likely N-dealkylation sites (tertiary alicyclic amines) is 1. The normalized spacial score (nSPS) is 19.7. The molecule has 2 aliphatic rings. The third-order valence-electron chi connectivity index (χ3n) is 4.47. The van der Waals surface area contributed by atoms with Crippen LogP contribution in [0.1, 0.15) is 31.2 Å². The molecule has 3 amide bonds. The molecule has 0 bridgehead atoms. The minimum atomic E-state index is -0.566. The topological polar surface area (TPSA) is 77.9 Å². The van der Waals surface area contributed by atoms with E-state index in [4.69, 9.17) is 23.2 Å². The molecule has 9 heteroatoms. The number of rotatable bonds is 3. The van der Waals surface area contributed by atoms with Gasteiger partial charge in [0.05, 0.1) is 9.93 Å². The van der Waals surface area contributed by atoms with E-state index in [0.29, 0.717) is 18.1 Å². The van der Waals surface area contributed by atoms with E-state index >= 15 is 0 Å². The molecule has 2 heterocycles. The van der Waals surface area contributed by atoms with Gasteiger partial charge in [-0.1, -0.05) is 36.0 Å². The average molecular weight is 429 g/mol. The smallest absolute Gasteiger partial charge is 0.294 e. The summed E-state index contributed by atoms with van der Waals surface area (Å²) in [7, 11) is 0. The van der Waals surface area contributed by atoms with E-state index in [0.717, 1.165) is 42.3 Å². The lowest BCUT2D eigenvalue weighted by atomic mass is 10.2. The molecule has 1 aromatic carbocycles. The predicted molar refractivity (Wildman–Crippen MR) is 106 cm³/mol. The third-order valence-corrected chi connectivity index (χ3v) is 5.88. The lowest BCUT2D eigenvalue weighted by molar-refractivity contribution is -0.135. The Bertz CT molecular complexity index is 820. The van der Waals surface area contributed by atoms with Crippen molar-refractivity contribution in [3.05, 3.63) is 32.6 Å². The maximum absolute atomic E-state index is 12.6. The summed E-state index contributed by atoms with van der Waals surface area (Å²) in [6.45, 7) is 1.03. The highest BCUT2D eigenvalue weighted by atomic mass is 35.5. The quantitative estimate of drug-likeness (QED) is 0.731. The molecule has 144 valence electrons. The number of nitrogens with zero attached hydrogens (tertiary/aromatic N) is 2. The Balaban J connectivity index is 1.76. The number of imide groups is 1. The fourth-order valence-corrected chi connectivity index (χ4v) is 4.37. The molecule has 0 spiro atoms. The average Bonchev–Trinajstić information content (AvgIpc) is 2.83. The highest BCUT2D eigenvalue weighted by Gasteiger charge is 2.37. The van der Waals surface area contributed by atoms with E-state index in [-0.39, 0.29) is 33.7 Å². The van der Waals surface area contributed by atoms with Crippen molar-refractivity contribution in [3.8, 4) is 5.75 Å². The van der Waals surface area contributed by atoms with E-state index in [1.165, 1.54) is 18.2 Å². The van der Waals surface area contributed by atoms with Crippen LogP contribution in [0, 0.1) is 0 Å². The Morgan fingerprint density at radius 1 is 1.15 bits per heavy atom. The zero-order valence-corrected chi connectivity index (χ0v) is 16.7. The van der Waals surface area contributed by atoms with E-state index < -0.39 is 11.1 Å². The molecule has 27 heavy (non-hydrogen) atoms. The molecule has 6 nitrogen and oxygen atoms in total. The molecule has 0 unspecified atom stereocenters. The molecule has 0 saturated carbocycles. The van der Waals surface area contributed by atoms with Crippen LogP contribution >= 0.6 is 35.0 Å². The Labute approximate surface area is 171 Å². The second-order valence-corrected chi connectivity index (χ2v) is 8.23. The van der Waals surface area contributed by atoms with Crippen molar-refractivity contribution < 1.29 is 19.5 Å². The zero-order valence-electron chi connectivity index (χ0n) is 14.4. The van der Waals surface area contributed by atoms with Crippen molar-refractivity contribution >= 4 is 58.1 Å². The van der Waals surface area contributed by atoms with Crippen LogP contribution in [0.25, 0.3) is 6.08 Å². The van der Waals surface area contributed by atoms with Crippen LogP contribution < -0.4 is 0 Å². The van der Waals surface area contributed by atoms with Gasteiger partial charge < -0.3 is 10.0 Å². The molecule has 2 saturated heterocycles. The molecule has 2 aliphatic heterocycles. The first kappa shape index (κ1) is 20.0. The first-order chi connectivity index (χ1) is 12.9. The molecular weight excluding hydrogens is 411 g/mol. The highest BCUT2D eigenvalue weighted by Crippen LogP contribution is 2.37. The SMILES string of the molecule is O=C(CN1C(=O)SC(=Cc2cc(Cl)cc(Cl)c2O)C1=O)N1CCCCCC1. The number of benzene rings is 1. The van der Waals surface area contributed by atoms with E-state index in [1.54, 1.807) is 4.90 Å². The molecule has 3 rings (SSSR count). The van der Waals surface area contributed by atoms with Crippen LogP contribution in [0.5, 0.6) is 5.75 Å². The lowest BCUT2D eigenvalue weighted by Crippen LogP contribution is -2.42. The minimum Gasteiger partial charge on any atom is -0.506 e. The highest BCUT2D eigenvalue weighted by molar-refractivity contribution is 8.18. The first-order valence-corrected chi connectivity index (χ1v) is 10.1. The van der Waals surface area contributed by atoms with Gasteiger partial charge in [-0.2, -0.15) is 0 Å². The largest absolute Gasteiger partial charge is 0.506 e. The number of phenols is 1. The number of phenolic OH excluding ortho intramolecular Hbond substituents is 1. The molecule has 0 radical (unpaired) electrons. The Morgan fingerprint density at radius 2 is 1.81 bits per heavy atom. The number of hydrogen-bond acceptors (Lipinski definition) is 5. The summed E-state index contributed by atoms with van der Waals surface area (Å²) in [6.07, 6.45) is 5.39. The number of carbonyl (C=O) groups is 3. The number of thioether (sulfide) groups is 1. The van der Waals surface area contributed by atoms with Crippen LogP contribution in [0.4, 0.5) is 4.79 Å². The van der Waals surface area contributed by atoms with Gasteiger partial charge in [-0.05, 0) is 42.8 Å². The third kappa shape index (κ3) is 4.59. The van der Waals surface area contributed by atoms with Gasteiger partial charge in [-0.25, -0.2) is 0 Å². The summed E-state index contributed by atoms with van der Waals surface area (Å²) in [6, 6.07) is 2.82. The van der Waals surface area contributed by atoms with Gasteiger partial charge in [0.2, 0.25) is 5.91 Å². The van der Waals surface area contributed by atoms with Crippen LogP contribution in [-0.2, 0) is 9.59 Å². The fraction of sp³-hybridized carbons (Fsp3) is 0.389. The maximum Gasteiger partial charge on any atom is 0.294 e. The van der Waals surface area contributed by atoms with Gasteiger partial charge in [-0.15, -0.1) is 0 Å². The molecule has 0 aliphatic carbocycles. The number of halogens is 2. The standard InChI is InChI=1S/C18H18Cl2N2O4S/c19-12-7-11(16(24)13(20)9-12)8-14-17(25)22(18(26)27-14)10-15(23)21-5-3-1-2-4-6-21/h7-9,24H,1-6,10H2. The van der Waals surface area contributed by atoms with Crippen LogP contribution in [0.15, 0.2) is 17.0 Å². The van der Waals surface area contributed by atoms with E-state index in [2.05, 4.69) is 0 Å². The summed E-state index contributed by atoms with van der Waals surface area (Å²) < 4.78 is 0. The van der Waals surface area contributed by atoms with Crippen molar-refractivity contribution in [2.75, 3.05) is 19.6 Å². The first-order valence-electron chi connectivity index (χ1n) is 8.58. The second kappa shape index (κ2) is 8.54. The summed E-state index contributed by atoms with van der Waals surface area (Å²) >= 11 is 12.5. The second-order valence-electron chi connectivity index (χ2n) is 6.39. The van der Waals surface area contributed by atoms with E-state index in [1.807, 2.05) is 0 Å². The molecule has 2 fully saturated rings. The molecule has 1 aromatic rings. The summed E-state index contributed by atoms with van der Waals surface area (Å²) in [4.78, 5) is 40.1. The van der Waals surface area contributed by atoms with Gasteiger partial charge in [0, 0.05) is 23.7 Å². The number of carbonyl (C=O) groups excluding carboxylic acids is 3. The van der Waals surface area contributed by atoms with Crippen LogP contribution in [0.2, 0.25) is 10.0 Å². The zero-order chi connectivity index (χ0) is 19.6. The molecule has 0 atom stereocenters. The summed E-state index contributed by atoms with van der Waals surface area (Å²) in [5.74, 6) is -1.02. The van der Waals surface area contributed by atoms with Crippen molar-refractivity contribution in [1.82, 2.24) is 9.80 Å². The fourth-order valence-electron chi connectivity index (χ4n) is 3.03. The van der Waals surface area contributed by atoms with Crippen molar-refractivity contribution in [2.45, 2.75) is 25.7 Å². The van der Waals surface area contributed by atoms with Gasteiger partial charge in [0.25, 0.3) is 11.1 Å². The summed E-state index contributed by atoms with van der Waals surface area (Å²) in [5, 5.41) is 9.85. The summed E-state index contributed by atoms with van der Waals surface area (Å²) in [5.41, 5.74) is 0.233. The molecule has 1 N–H and O–H groups in total. The van der Waals surface area contributed by atoms with Crippen molar-refractivity contribution in [3.63, 3.8) is 0 Å². The lowest BCUT2D eigenvalue weighted by Gasteiger charge is -2.22. The van der Waals surface area contributed by atoms with Crippen molar-refractivity contribution in [2.24, 2.45) is 0 Å². The predicted octanol–water partition coefficient (Wildman–Crippen LogP) is 4.14. The van der Waals surface area contributed by atoms with Crippen molar-refractivity contribution in [1.29, 1.82) is 0 Å². The van der Waals surface area contributed by atoms with Gasteiger partial charge in [-0.3, -0.25) is 19.3 Å². The minimum absolute atomic E-state index is 0.0457. The van der Waals surface area contributed by atoms with Gasteiger partial charge in [0.15, 0.2) is 0 Å². The molecular formula is C18H18Cl2N2O4S. The number of aromatic hydroxyl groups is 1. The Hall–Kier alpha value is -1.70. The van der Waals surface area contributed by atoms with Crippen LogP contribution in [0.3, 0.4) is 0 Å². The number of hydrogen-bond donors (Lipinski definition) is 1. The Kier molecular flexibility index (Phi) is 6.34. The van der Waals surface area contributed by atoms with Gasteiger partial charge >= 0.3 is 0 Å². The van der Waals surface area contributed by atoms with Crippen LogP contribution in [-0.4, -0.2) is 51.6 Å².